The minimum absolute atomic E-state index is 0.0643. The zero-order valence-corrected chi connectivity index (χ0v) is 8.23. The Morgan fingerprint density at radius 1 is 1.62 bits per heavy atom. The predicted molar refractivity (Wildman–Crippen MR) is 50.0 cm³/mol. The zero-order valence-electron chi connectivity index (χ0n) is 8.23. The van der Waals surface area contributed by atoms with Crippen LogP contribution in [0.1, 0.15) is 20.3 Å². The highest BCUT2D eigenvalue weighted by molar-refractivity contribution is 5.81. The van der Waals surface area contributed by atoms with Crippen LogP contribution in [0.4, 0.5) is 0 Å². The number of carbonyl (C=O) groups is 1. The van der Waals surface area contributed by atoms with Crippen molar-refractivity contribution in [1.29, 1.82) is 0 Å². The molecule has 0 aliphatic carbocycles. The van der Waals surface area contributed by atoms with Crippen molar-refractivity contribution in [3.8, 4) is 0 Å². The molecule has 13 heavy (non-hydrogen) atoms. The number of aliphatic hydroxyl groups is 1. The van der Waals surface area contributed by atoms with E-state index in [-0.39, 0.29) is 12.0 Å². The van der Waals surface area contributed by atoms with E-state index >= 15 is 0 Å². The number of piperidine rings is 1. The van der Waals surface area contributed by atoms with Crippen molar-refractivity contribution in [3.05, 3.63) is 0 Å². The molecule has 76 valence electrons. The maximum Gasteiger partial charge on any atom is 0.239 e. The number of rotatable bonds is 1. The number of nitrogens with zero attached hydrogens (tertiary/aromatic N) is 1. The molecule has 0 aromatic carbocycles. The van der Waals surface area contributed by atoms with Gasteiger partial charge in [-0.05, 0) is 19.3 Å². The molecule has 3 N–H and O–H groups in total. The van der Waals surface area contributed by atoms with E-state index in [1.807, 2.05) is 6.92 Å². The third-order valence-corrected chi connectivity index (χ3v) is 2.34. The number of likely N-dealkylation sites (tertiary alicyclic amines) is 1. The molecule has 1 fully saturated rings. The fourth-order valence-corrected chi connectivity index (χ4v) is 1.79. The van der Waals surface area contributed by atoms with Crippen LogP contribution in [0.15, 0.2) is 0 Å². The highest BCUT2D eigenvalue weighted by atomic mass is 16.3. The molecule has 0 spiro atoms. The molecular formula is C9H18N2O2. The van der Waals surface area contributed by atoms with Gasteiger partial charge in [-0.15, -0.1) is 0 Å². The Morgan fingerprint density at radius 3 is 2.69 bits per heavy atom. The van der Waals surface area contributed by atoms with Crippen molar-refractivity contribution >= 4 is 5.91 Å². The smallest absolute Gasteiger partial charge is 0.239 e. The van der Waals surface area contributed by atoms with Gasteiger partial charge < -0.3 is 15.7 Å². The molecule has 0 aromatic rings. The van der Waals surface area contributed by atoms with Crippen LogP contribution in [-0.2, 0) is 4.79 Å². The fourth-order valence-electron chi connectivity index (χ4n) is 1.79. The maximum absolute atomic E-state index is 11.5. The number of hydrogen-bond donors (Lipinski definition) is 2. The molecule has 1 heterocycles. The normalized spacial score (nSPS) is 31.5. The Bertz CT molecular complexity index is 184. The van der Waals surface area contributed by atoms with Gasteiger partial charge in [0.25, 0.3) is 0 Å². The SMILES string of the molecule is C[C@H]1C[C@@H](O)CN(C(=O)[C@H](C)N)C1. The Balaban J connectivity index is 2.55. The largest absolute Gasteiger partial charge is 0.391 e. The molecule has 0 radical (unpaired) electrons. The summed E-state index contributed by atoms with van der Waals surface area (Å²) >= 11 is 0. The highest BCUT2D eigenvalue weighted by Crippen LogP contribution is 2.16. The van der Waals surface area contributed by atoms with Crippen LogP contribution in [0.2, 0.25) is 0 Å². The van der Waals surface area contributed by atoms with Crippen molar-refractivity contribution in [2.45, 2.75) is 32.4 Å². The summed E-state index contributed by atoms with van der Waals surface area (Å²) in [6, 6.07) is -0.461. The first-order chi connectivity index (χ1) is 6.00. The predicted octanol–water partition coefficient (Wildman–Crippen LogP) is -0.437. The Kier molecular flexibility index (Phi) is 3.27. The summed E-state index contributed by atoms with van der Waals surface area (Å²) in [6.45, 7) is 4.86. The molecular weight excluding hydrogens is 168 g/mol. The van der Waals surface area contributed by atoms with E-state index in [2.05, 4.69) is 0 Å². The molecule has 0 aromatic heterocycles. The van der Waals surface area contributed by atoms with Crippen molar-refractivity contribution < 1.29 is 9.90 Å². The van der Waals surface area contributed by atoms with E-state index in [1.165, 1.54) is 0 Å². The third-order valence-electron chi connectivity index (χ3n) is 2.34. The summed E-state index contributed by atoms with van der Waals surface area (Å²) < 4.78 is 0. The summed E-state index contributed by atoms with van der Waals surface area (Å²) in [5, 5.41) is 9.45. The number of aliphatic hydroxyl groups excluding tert-OH is 1. The lowest BCUT2D eigenvalue weighted by molar-refractivity contribution is -0.136. The standard InChI is InChI=1S/C9H18N2O2/c1-6-3-8(12)5-11(4-6)9(13)7(2)10/h6-8,12H,3-5,10H2,1-2H3/t6-,7-,8+/m0/s1. The molecule has 0 saturated carbocycles. The van der Waals surface area contributed by atoms with Crippen molar-refractivity contribution in [2.24, 2.45) is 11.7 Å². The lowest BCUT2D eigenvalue weighted by Crippen LogP contribution is -2.50. The van der Waals surface area contributed by atoms with Crippen LogP contribution in [-0.4, -0.2) is 41.1 Å². The van der Waals surface area contributed by atoms with Crippen LogP contribution in [0, 0.1) is 5.92 Å². The molecule has 1 amide bonds. The lowest BCUT2D eigenvalue weighted by Gasteiger charge is -2.35. The zero-order chi connectivity index (χ0) is 10.0. The van der Waals surface area contributed by atoms with E-state index in [0.29, 0.717) is 12.5 Å². The summed E-state index contributed by atoms with van der Waals surface area (Å²) in [4.78, 5) is 13.1. The molecule has 1 rings (SSSR count). The highest BCUT2D eigenvalue weighted by Gasteiger charge is 2.27. The first kappa shape index (κ1) is 10.5. The second-order valence-corrected chi connectivity index (χ2v) is 4.03. The average Bonchev–Trinajstić information content (AvgIpc) is 2.01. The molecule has 0 bridgehead atoms. The molecule has 1 aliphatic rings. The number of nitrogens with two attached hydrogens (primary N) is 1. The Labute approximate surface area is 78.7 Å². The second-order valence-electron chi connectivity index (χ2n) is 4.03. The molecule has 4 nitrogen and oxygen atoms in total. The van der Waals surface area contributed by atoms with Crippen LogP contribution >= 0.6 is 0 Å². The fraction of sp³-hybridized carbons (Fsp3) is 0.889. The maximum atomic E-state index is 11.5. The monoisotopic (exact) mass is 186 g/mol. The topological polar surface area (TPSA) is 66.6 Å². The van der Waals surface area contributed by atoms with Gasteiger partial charge in [-0.1, -0.05) is 6.92 Å². The third kappa shape index (κ3) is 2.67. The Hall–Kier alpha value is -0.610. The van der Waals surface area contributed by atoms with Crippen LogP contribution in [0.25, 0.3) is 0 Å². The summed E-state index contributed by atoms with van der Waals surface area (Å²) in [6.07, 6.45) is 0.398. The van der Waals surface area contributed by atoms with E-state index in [1.54, 1.807) is 11.8 Å². The van der Waals surface area contributed by atoms with Gasteiger partial charge >= 0.3 is 0 Å². The summed E-state index contributed by atoms with van der Waals surface area (Å²) in [5.74, 6) is 0.303. The quantitative estimate of drug-likeness (QED) is 0.583. The van der Waals surface area contributed by atoms with Crippen molar-refractivity contribution in [2.75, 3.05) is 13.1 Å². The first-order valence-corrected chi connectivity index (χ1v) is 4.73. The van der Waals surface area contributed by atoms with E-state index in [9.17, 15) is 9.90 Å². The second kappa shape index (κ2) is 4.07. The molecule has 1 aliphatic heterocycles. The van der Waals surface area contributed by atoms with Crippen LogP contribution < -0.4 is 5.73 Å². The van der Waals surface area contributed by atoms with Gasteiger partial charge in [0.1, 0.15) is 0 Å². The molecule has 0 unspecified atom stereocenters. The number of β-amino-alcohol motifs (C(OH)–C–C–N with tert-alkyl or cyclic N) is 1. The molecule has 3 atom stereocenters. The Morgan fingerprint density at radius 2 is 2.23 bits per heavy atom. The van der Waals surface area contributed by atoms with E-state index < -0.39 is 6.04 Å². The number of hydrogen-bond acceptors (Lipinski definition) is 3. The average molecular weight is 186 g/mol. The van der Waals surface area contributed by atoms with Gasteiger partial charge in [-0.2, -0.15) is 0 Å². The number of amides is 1. The lowest BCUT2D eigenvalue weighted by atomic mass is 9.97. The van der Waals surface area contributed by atoms with Crippen molar-refractivity contribution in [1.82, 2.24) is 4.90 Å². The van der Waals surface area contributed by atoms with E-state index in [0.717, 1.165) is 13.0 Å². The minimum Gasteiger partial charge on any atom is -0.391 e. The van der Waals surface area contributed by atoms with Gasteiger partial charge in [0.2, 0.25) is 5.91 Å². The van der Waals surface area contributed by atoms with Gasteiger partial charge in [0.15, 0.2) is 0 Å². The number of carbonyl (C=O) groups excluding carboxylic acids is 1. The minimum atomic E-state index is -0.461. The van der Waals surface area contributed by atoms with Gasteiger partial charge in [0.05, 0.1) is 12.1 Å². The van der Waals surface area contributed by atoms with Gasteiger partial charge in [0, 0.05) is 13.1 Å². The molecule has 4 heteroatoms. The van der Waals surface area contributed by atoms with Crippen LogP contribution in [0.3, 0.4) is 0 Å². The van der Waals surface area contributed by atoms with E-state index in [4.69, 9.17) is 5.73 Å². The van der Waals surface area contributed by atoms with Gasteiger partial charge in [-0.3, -0.25) is 4.79 Å². The summed E-state index contributed by atoms with van der Waals surface area (Å²) in [7, 11) is 0. The molecule has 1 saturated heterocycles. The summed E-state index contributed by atoms with van der Waals surface area (Å²) in [5.41, 5.74) is 5.48. The van der Waals surface area contributed by atoms with Gasteiger partial charge in [-0.25, -0.2) is 0 Å². The van der Waals surface area contributed by atoms with Crippen molar-refractivity contribution in [3.63, 3.8) is 0 Å². The first-order valence-electron chi connectivity index (χ1n) is 4.73. The van der Waals surface area contributed by atoms with Crippen LogP contribution in [0.5, 0.6) is 0 Å².